The molecule has 1 amide bonds. The van der Waals surface area contributed by atoms with Gasteiger partial charge in [0.1, 0.15) is 0 Å². The first kappa shape index (κ1) is 12.4. The minimum Gasteiger partial charge on any atom is -0.346 e. The molecule has 0 fully saturated rings. The molecule has 0 aromatic heterocycles. The van der Waals surface area contributed by atoms with Gasteiger partial charge >= 0.3 is 0 Å². The van der Waals surface area contributed by atoms with Crippen LogP contribution < -0.4 is 5.32 Å². The van der Waals surface area contributed by atoms with Crippen molar-refractivity contribution in [2.45, 2.75) is 26.7 Å². The molecule has 0 saturated heterocycles. The Hall–Kier alpha value is -0.570. The van der Waals surface area contributed by atoms with Crippen LogP contribution in [0.15, 0.2) is 0 Å². The Morgan fingerprint density at radius 1 is 1.46 bits per heavy atom. The molecule has 0 heterocycles. The zero-order chi connectivity index (χ0) is 10.3. The van der Waals surface area contributed by atoms with Crippen LogP contribution in [-0.2, 0) is 4.79 Å². The first-order valence-electron chi connectivity index (χ1n) is 4.96. The lowest BCUT2D eigenvalue weighted by atomic mass is 10.1. The lowest BCUT2D eigenvalue weighted by Gasteiger charge is -2.17. The van der Waals surface area contributed by atoms with Gasteiger partial charge in [0.2, 0.25) is 5.91 Å². The van der Waals surface area contributed by atoms with E-state index in [0.29, 0.717) is 12.3 Å². The largest absolute Gasteiger partial charge is 0.346 e. The molecule has 0 bridgehead atoms. The first-order valence-corrected chi connectivity index (χ1v) is 4.96. The van der Waals surface area contributed by atoms with Gasteiger partial charge in [0, 0.05) is 20.0 Å². The molecule has 0 aliphatic carbocycles. The van der Waals surface area contributed by atoms with Crippen LogP contribution >= 0.6 is 0 Å². The topological polar surface area (TPSA) is 32.3 Å². The Morgan fingerprint density at radius 3 is 2.54 bits per heavy atom. The lowest BCUT2D eigenvalue weighted by molar-refractivity contribution is -0.130. The highest BCUT2D eigenvalue weighted by Gasteiger charge is 2.09. The molecule has 78 valence electrons. The summed E-state index contributed by atoms with van der Waals surface area (Å²) in [7, 11) is 3.80. The van der Waals surface area contributed by atoms with Gasteiger partial charge in [-0.3, -0.25) is 4.79 Å². The fourth-order valence-electron chi connectivity index (χ4n) is 1.12. The van der Waals surface area contributed by atoms with Crippen LogP contribution in [0, 0.1) is 5.92 Å². The van der Waals surface area contributed by atoms with E-state index in [1.165, 1.54) is 0 Å². The van der Waals surface area contributed by atoms with Gasteiger partial charge in [0.15, 0.2) is 0 Å². The number of nitrogens with zero attached hydrogens (tertiary/aromatic N) is 1. The second-order valence-corrected chi connectivity index (χ2v) is 3.87. The van der Waals surface area contributed by atoms with Crippen LogP contribution in [0.2, 0.25) is 0 Å². The summed E-state index contributed by atoms with van der Waals surface area (Å²) in [5.41, 5.74) is 0. The van der Waals surface area contributed by atoms with E-state index >= 15 is 0 Å². The van der Waals surface area contributed by atoms with Gasteiger partial charge in [0.05, 0.1) is 0 Å². The van der Waals surface area contributed by atoms with E-state index < -0.39 is 0 Å². The fourth-order valence-corrected chi connectivity index (χ4v) is 1.12. The number of carbonyl (C=O) groups excluding carboxylic acids is 1. The van der Waals surface area contributed by atoms with E-state index in [0.717, 1.165) is 19.5 Å². The fraction of sp³-hybridized carbons (Fsp3) is 0.900. The van der Waals surface area contributed by atoms with E-state index in [9.17, 15) is 4.79 Å². The van der Waals surface area contributed by atoms with Crippen molar-refractivity contribution in [2.24, 2.45) is 5.92 Å². The van der Waals surface area contributed by atoms with Crippen molar-refractivity contribution in [1.82, 2.24) is 10.2 Å². The standard InChI is InChI=1S/C10H22N2O/c1-9(2)8-10(13)12(4)7-5-6-11-3/h9,11H,5-8H2,1-4H3. The quantitative estimate of drug-likeness (QED) is 0.630. The molecule has 0 aromatic carbocycles. The molecule has 0 saturated carbocycles. The highest BCUT2D eigenvalue weighted by Crippen LogP contribution is 2.02. The molecule has 0 rings (SSSR count). The Balaban J connectivity index is 3.57. The highest BCUT2D eigenvalue weighted by atomic mass is 16.2. The van der Waals surface area contributed by atoms with E-state index in [1.807, 2.05) is 19.0 Å². The summed E-state index contributed by atoms with van der Waals surface area (Å²) in [6.45, 7) is 5.96. The summed E-state index contributed by atoms with van der Waals surface area (Å²) < 4.78 is 0. The molecule has 0 atom stereocenters. The van der Waals surface area contributed by atoms with Gasteiger partial charge in [-0.25, -0.2) is 0 Å². The maximum atomic E-state index is 11.5. The number of carbonyl (C=O) groups is 1. The van der Waals surface area contributed by atoms with E-state index in [1.54, 1.807) is 0 Å². The Morgan fingerprint density at radius 2 is 2.08 bits per heavy atom. The third-order valence-corrected chi connectivity index (χ3v) is 1.93. The number of hydrogen-bond donors (Lipinski definition) is 1. The second kappa shape index (κ2) is 6.89. The average Bonchev–Trinajstić information content (AvgIpc) is 2.03. The minimum atomic E-state index is 0.256. The zero-order valence-corrected chi connectivity index (χ0v) is 9.26. The van der Waals surface area contributed by atoms with Gasteiger partial charge in [-0.2, -0.15) is 0 Å². The molecular formula is C10H22N2O. The molecule has 3 heteroatoms. The average molecular weight is 186 g/mol. The summed E-state index contributed by atoms with van der Waals surface area (Å²) >= 11 is 0. The predicted molar refractivity (Wildman–Crippen MR) is 55.6 cm³/mol. The van der Waals surface area contributed by atoms with Crippen molar-refractivity contribution < 1.29 is 4.79 Å². The molecule has 0 aliphatic rings. The van der Waals surface area contributed by atoms with E-state index in [-0.39, 0.29) is 5.91 Å². The zero-order valence-electron chi connectivity index (χ0n) is 9.26. The van der Waals surface area contributed by atoms with Crippen LogP contribution in [0.3, 0.4) is 0 Å². The minimum absolute atomic E-state index is 0.256. The number of hydrogen-bond acceptors (Lipinski definition) is 2. The SMILES string of the molecule is CNCCCN(C)C(=O)CC(C)C. The van der Waals surface area contributed by atoms with Crippen molar-refractivity contribution in [2.75, 3.05) is 27.2 Å². The van der Waals surface area contributed by atoms with E-state index in [2.05, 4.69) is 19.2 Å². The monoisotopic (exact) mass is 186 g/mol. The molecule has 13 heavy (non-hydrogen) atoms. The van der Waals surface area contributed by atoms with Crippen LogP contribution in [-0.4, -0.2) is 38.0 Å². The molecule has 0 unspecified atom stereocenters. The Bertz CT molecular complexity index is 146. The predicted octanol–water partition coefficient (Wildman–Crippen LogP) is 1.10. The summed E-state index contributed by atoms with van der Waals surface area (Å²) in [4.78, 5) is 13.3. The van der Waals surface area contributed by atoms with Crippen molar-refractivity contribution >= 4 is 5.91 Å². The summed E-state index contributed by atoms with van der Waals surface area (Å²) in [5, 5.41) is 3.06. The molecule has 1 N–H and O–H groups in total. The summed E-state index contributed by atoms with van der Waals surface area (Å²) in [6.07, 6.45) is 1.69. The van der Waals surface area contributed by atoms with Crippen molar-refractivity contribution in [1.29, 1.82) is 0 Å². The van der Waals surface area contributed by atoms with Gasteiger partial charge < -0.3 is 10.2 Å². The van der Waals surface area contributed by atoms with Crippen molar-refractivity contribution in [3.05, 3.63) is 0 Å². The molecule has 3 nitrogen and oxygen atoms in total. The van der Waals surface area contributed by atoms with Gasteiger partial charge in [0.25, 0.3) is 0 Å². The number of rotatable bonds is 6. The first-order chi connectivity index (χ1) is 6.07. The van der Waals surface area contributed by atoms with Crippen molar-refractivity contribution in [3.63, 3.8) is 0 Å². The van der Waals surface area contributed by atoms with Crippen LogP contribution in [0.5, 0.6) is 0 Å². The van der Waals surface area contributed by atoms with E-state index in [4.69, 9.17) is 0 Å². The number of nitrogens with one attached hydrogen (secondary N) is 1. The maximum Gasteiger partial charge on any atom is 0.222 e. The van der Waals surface area contributed by atoms with Crippen LogP contribution in [0.25, 0.3) is 0 Å². The van der Waals surface area contributed by atoms with Gasteiger partial charge in [-0.15, -0.1) is 0 Å². The molecule has 0 aliphatic heterocycles. The summed E-state index contributed by atoms with van der Waals surface area (Å²) in [6, 6.07) is 0. The molecule has 0 aromatic rings. The van der Waals surface area contributed by atoms with Crippen LogP contribution in [0.4, 0.5) is 0 Å². The highest BCUT2D eigenvalue weighted by molar-refractivity contribution is 5.75. The smallest absolute Gasteiger partial charge is 0.222 e. The molecule has 0 radical (unpaired) electrons. The van der Waals surface area contributed by atoms with Crippen LogP contribution in [0.1, 0.15) is 26.7 Å². The summed E-state index contributed by atoms with van der Waals surface area (Å²) in [5.74, 6) is 0.713. The maximum absolute atomic E-state index is 11.5. The normalized spacial score (nSPS) is 10.5. The number of amides is 1. The Kier molecular flexibility index (Phi) is 6.59. The molecular weight excluding hydrogens is 164 g/mol. The van der Waals surface area contributed by atoms with Gasteiger partial charge in [-0.1, -0.05) is 13.8 Å². The lowest BCUT2D eigenvalue weighted by Crippen LogP contribution is -2.30. The van der Waals surface area contributed by atoms with Crippen molar-refractivity contribution in [3.8, 4) is 0 Å². The third kappa shape index (κ3) is 6.58. The van der Waals surface area contributed by atoms with Gasteiger partial charge in [-0.05, 0) is 25.9 Å². The Labute approximate surface area is 81.5 Å². The third-order valence-electron chi connectivity index (χ3n) is 1.93. The second-order valence-electron chi connectivity index (χ2n) is 3.87. The molecule has 0 spiro atoms.